The van der Waals surface area contributed by atoms with Gasteiger partial charge in [0.25, 0.3) is 0 Å². The van der Waals surface area contributed by atoms with Crippen LogP contribution in [-0.2, 0) is 4.57 Å². The van der Waals surface area contributed by atoms with Crippen LogP contribution in [-0.4, -0.2) is 12.0 Å². The van der Waals surface area contributed by atoms with E-state index in [9.17, 15) is 9.46 Å². The second-order valence-electron chi connectivity index (χ2n) is 3.58. The molecule has 1 unspecified atom stereocenters. The highest BCUT2D eigenvalue weighted by Crippen LogP contribution is 2.27. The summed E-state index contributed by atoms with van der Waals surface area (Å²) < 4.78 is 16.4. The quantitative estimate of drug-likeness (QED) is 0.849. The molecule has 1 N–H and O–H groups in total. The molecule has 4 heteroatoms. The summed E-state index contributed by atoms with van der Waals surface area (Å²) in [6, 6.07) is 14.6. The van der Waals surface area contributed by atoms with Crippen molar-refractivity contribution in [2.24, 2.45) is 0 Å². The molecule has 0 aromatic heterocycles. The van der Waals surface area contributed by atoms with Gasteiger partial charge in [-0.05, 0) is 29.3 Å². The minimum Gasteiger partial charge on any atom is -0.497 e. The first kappa shape index (κ1) is 11.9. The highest BCUT2D eigenvalue weighted by Gasteiger charge is 2.08. The lowest BCUT2D eigenvalue weighted by Crippen LogP contribution is -2.00. The minimum absolute atomic E-state index is 0.478. The minimum atomic E-state index is -2.70. The first-order valence-electron chi connectivity index (χ1n) is 5.19. The number of methoxy groups -OCH3 is 1. The van der Waals surface area contributed by atoms with Crippen LogP contribution in [0.25, 0.3) is 11.1 Å². The first-order chi connectivity index (χ1) is 8.22. The zero-order chi connectivity index (χ0) is 12.3. The normalized spacial score (nSPS) is 12.1. The molecule has 1 atom stereocenters. The zero-order valence-electron chi connectivity index (χ0n) is 9.38. The molecule has 3 nitrogen and oxygen atoms in total. The van der Waals surface area contributed by atoms with Crippen LogP contribution in [0.15, 0.2) is 48.5 Å². The Morgan fingerprint density at radius 1 is 1.12 bits per heavy atom. The third-order valence-electron chi connectivity index (χ3n) is 2.54. The maximum atomic E-state index is 11.3. The van der Waals surface area contributed by atoms with E-state index in [-0.39, 0.29) is 0 Å². The molecule has 0 saturated carbocycles. The average molecular weight is 248 g/mol. The maximum absolute atomic E-state index is 11.3. The Morgan fingerprint density at radius 3 is 2.59 bits per heavy atom. The van der Waals surface area contributed by atoms with Crippen LogP contribution in [0.3, 0.4) is 0 Å². The van der Waals surface area contributed by atoms with Gasteiger partial charge in [-0.3, -0.25) is 4.57 Å². The number of ether oxygens (including phenoxy) is 1. The smallest absolute Gasteiger partial charge is 0.218 e. The Morgan fingerprint density at radius 2 is 1.88 bits per heavy atom. The van der Waals surface area contributed by atoms with Gasteiger partial charge in [0.2, 0.25) is 8.03 Å². The first-order valence-corrected chi connectivity index (χ1v) is 6.54. The topological polar surface area (TPSA) is 46.5 Å². The molecule has 88 valence electrons. The summed E-state index contributed by atoms with van der Waals surface area (Å²) in [7, 11) is -1.10. The largest absolute Gasteiger partial charge is 0.497 e. The summed E-state index contributed by atoms with van der Waals surface area (Å²) in [6.07, 6.45) is 0. The highest BCUT2D eigenvalue weighted by molar-refractivity contribution is 7.47. The Balaban J connectivity index is 2.56. The molecule has 0 bridgehead atoms. The van der Waals surface area contributed by atoms with Gasteiger partial charge < -0.3 is 9.63 Å². The fourth-order valence-electron chi connectivity index (χ4n) is 1.71. The Hall–Kier alpha value is -1.57. The molecule has 0 aliphatic heterocycles. The molecule has 0 radical (unpaired) electrons. The van der Waals surface area contributed by atoms with Crippen molar-refractivity contribution in [3.8, 4) is 16.9 Å². The maximum Gasteiger partial charge on any atom is 0.218 e. The van der Waals surface area contributed by atoms with Gasteiger partial charge in [-0.25, -0.2) is 0 Å². The number of benzene rings is 2. The van der Waals surface area contributed by atoms with Crippen LogP contribution >= 0.6 is 8.03 Å². The molecular formula is C13H13O3P. The van der Waals surface area contributed by atoms with Crippen molar-refractivity contribution in [2.75, 3.05) is 7.11 Å². The number of hydrogen-bond donors (Lipinski definition) is 1. The van der Waals surface area contributed by atoms with Crippen LogP contribution in [0, 0.1) is 0 Å². The van der Waals surface area contributed by atoms with Gasteiger partial charge in [-0.15, -0.1) is 0 Å². The van der Waals surface area contributed by atoms with Crippen molar-refractivity contribution in [3.05, 3.63) is 48.5 Å². The molecule has 2 aromatic carbocycles. The van der Waals surface area contributed by atoms with Crippen LogP contribution in [0.5, 0.6) is 5.75 Å². The van der Waals surface area contributed by atoms with E-state index in [1.165, 1.54) is 0 Å². The molecule has 0 saturated heterocycles. The van der Waals surface area contributed by atoms with Crippen LogP contribution < -0.4 is 10.0 Å². The van der Waals surface area contributed by atoms with Crippen molar-refractivity contribution < 1.29 is 14.2 Å². The molecule has 0 aliphatic carbocycles. The van der Waals surface area contributed by atoms with Gasteiger partial charge in [-0.1, -0.05) is 30.3 Å². The van der Waals surface area contributed by atoms with E-state index in [1.54, 1.807) is 19.2 Å². The number of hydrogen-bond acceptors (Lipinski definition) is 2. The lowest BCUT2D eigenvalue weighted by molar-refractivity contribution is 0.415. The van der Waals surface area contributed by atoms with E-state index >= 15 is 0 Å². The van der Waals surface area contributed by atoms with E-state index in [2.05, 4.69) is 0 Å². The number of rotatable bonds is 3. The van der Waals surface area contributed by atoms with Gasteiger partial charge in [0.1, 0.15) is 5.75 Å². The molecule has 0 spiro atoms. The highest BCUT2D eigenvalue weighted by atomic mass is 31.1. The van der Waals surface area contributed by atoms with Crippen LogP contribution in [0.2, 0.25) is 0 Å². The Bertz CT molecular complexity index is 552. The summed E-state index contributed by atoms with van der Waals surface area (Å²) in [5.74, 6) is 0.731. The summed E-state index contributed by atoms with van der Waals surface area (Å²) in [6.45, 7) is 0. The van der Waals surface area contributed by atoms with Gasteiger partial charge >= 0.3 is 0 Å². The summed E-state index contributed by atoms with van der Waals surface area (Å²) >= 11 is 0. The molecule has 2 rings (SSSR count). The van der Waals surface area contributed by atoms with Gasteiger partial charge in [0.05, 0.1) is 7.11 Å². The molecule has 0 heterocycles. The van der Waals surface area contributed by atoms with Crippen molar-refractivity contribution in [1.29, 1.82) is 0 Å². The van der Waals surface area contributed by atoms with Gasteiger partial charge in [-0.2, -0.15) is 0 Å². The molecule has 17 heavy (non-hydrogen) atoms. The predicted octanol–water partition coefficient (Wildman–Crippen LogP) is 2.45. The van der Waals surface area contributed by atoms with Crippen molar-refractivity contribution in [1.82, 2.24) is 0 Å². The average Bonchev–Trinajstić information content (AvgIpc) is 2.39. The fraction of sp³-hybridized carbons (Fsp3) is 0.0769. The second-order valence-corrected chi connectivity index (χ2v) is 4.73. The Labute approximate surface area is 101 Å². The van der Waals surface area contributed by atoms with E-state index in [1.807, 2.05) is 36.4 Å². The summed E-state index contributed by atoms with van der Waals surface area (Å²) in [4.78, 5) is 9.31. The lowest BCUT2D eigenvalue weighted by Gasteiger charge is -2.08. The predicted molar refractivity (Wildman–Crippen MR) is 69.3 cm³/mol. The molecule has 0 aliphatic rings. The van der Waals surface area contributed by atoms with E-state index in [4.69, 9.17) is 4.74 Å². The Kier molecular flexibility index (Phi) is 3.62. The standard InChI is InChI=1S/C13H13O3P/c1-16-11-6-4-5-10(9-11)12-7-2-3-8-13(12)17(14)15/h2-9,17H,1H3,(H,14,15). The molecule has 0 fully saturated rings. The van der Waals surface area contributed by atoms with E-state index in [0.29, 0.717) is 5.30 Å². The summed E-state index contributed by atoms with van der Waals surface area (Å²) in [5.41, 5.74) is 1.66. The van der Waals surface area contributed by atoms with Crippen molar-refractivity contribution in [2.45, 2.75) is 0 Å². The zero-order valence-corrected chi connectivity index (χ0v) is 10.4. The van der Waals surface area contributed by atoms with E-state index in [0.717, 1.165) is 16.9 Å². The second kappa shape index (κ2) is 5.17. The van der Waals surface area contributed by atoms with Gasteiger partial charge in [0, 0.05) is 5.30 Å². The molecule has 2 aromatic rings. The van der Waals surface area contributed by atoms with Crippen LogP contribution in [0.4, 0.5) is 0 Å². The van der Waals surface area contributed by atoms with Crippen molar-refractivity contribution in [3.63, 3.8) is 0 Å². The van der Waals surface area contributed by atoms with Gasteiger partial charge in [0.15, 0.2) is 0 Å². The van der Waals surface area contributed by atoms with E-state index < -0.39 is 8.03 Å². The fourth-order valence-corrected chi connectivity index (χ4v) is 2.41. The SMILES string of the molecule is COc1cccc(-c2ccccc2[PH](=O)O)c1. The summed E-state index contributed by atoms with van der Waals surface area (Å²) in [5, 5.41) is 0.478. The monoisotopic (exact) mass is 248 g/mol. The lowest BCUT2D eigenvalue weighted by atomic mass is 10.1. The van der Waals surface area contributed by atoms with Crippen LogP contribution in [0.1, 0.15) is 0 Å². The van der Waals surface area contributed by atoms with Crippen molar-refractivity contribution >= 4 is 13.3 Å². The third-order valence-corrected chi connectivity index (χ3v) is 3.44. The molecular weight excluding hydrogens is 235 g/mol. The molecule has 0 amide bonds. The third kappa shape index (κ3) is 2.57.